The van der Waals surface area contributed by atoms with E-state index in [0.29, 0.717) is 12.4 Å². The predicted octanol–water partition coefficient (Wildman–Crippen LogP) is 3.84. The van der Waals surface area contributed by atoms with Gasteiger partial charge < -0.3 is 15.4 Å². The number of nitrogens with one attached hydrogen (secondary N) is 1. The number of rotatable bonds is 5. The third kappa shape index (κ3) is 3.60. The van der Waals surface area contributed by atoms with Gasteiger partial charge in [0.15, 0.2) is 5.82 Å². The number of amides is 1. The molecule has 28 heavy (non-hydrogen) atoms. The van der Waals surface area contributed by atoms with E-state index in [2.05, 4.69) is 10.2 Å². The minimum Gasteiger partial charge on any atom is -0.385 e. The SMILES string of the molecule is COCCC1CCCCN1C(=O)c1cccc(-c2ccc3[nH]nc(N)c3c2)c1. The van der Waals surface area contributed by atoms with Gasteiger partial charge >= 0.3 is 0 Å². The first-order valence-electron chi connectivity index (χ1n) is 9.81. The van der Waals surface area contributed by atoms with Crippen molar-refractivity contribution in [2.75, 3.05) is 26.0 Å². The van der Waals surface area contributed by atoms with Crippen LogP contribution in [0, 0.1) is 0 Å². The minimum atomic E-state index is 0.103. The van der Waals surface area contributed by atoms with Crippen LogP contribution in [0.4, 0.5) is 5.82 Å². The standard InChI is InChI=1S/C22H26N4O2/c1-28-12-10-18-7-2-3-11-26(18)22(27)17-6-4-5-15(13-17)16-8-9-20-19(14-16)21(23)25-24-20/h4-6,8-9,13-14,18H,2-3,7,10-12H2,1H3,(H3,23,24,25). The molecule has 3 N–H and O–H groups in total. The number of nitrogen functional groups attached to an aromatic ring is 1. The number of likely N-dealkylation sites (tertiary alicyclic amines) is 1. The molecule has 1 amide bonds. The average Bonchev–Trinajstić information content (AvgIpc) is 3.12. The normalized spacial score (nSPS) is 17.2. The van der Waals surface area contributed by atoms with Crippen molar-refractivity contribution >= 4 is 22.6 Å². The monoisotopic (exact) mass is 378 g/mol. The van der Waals surface area contributed by atoms with Crippen molar-refractivity contribution in [1.29, 1.82) is 0 Å². The van der Waals surface area contributed by atoms with Crippen LogP contribution in [0.25, 0.3) is 22.0 Å². The molecule has 1 atom stereocenters. The van der Waals surface area contributed by atoms with Crippen molar-refractivity contribution in [2.24, 2.45) is 0 Å². The molecule has 2 heterocycles. The highest BCUT2D eigenvalue weighted by Crippen LogP contribution is 2.28. The zero-order chi connectivity index (χ0) is 19.5. The first kappa shape index (κ1) is 18.5. The van der Waals surface area contributed by atoms with Gasteiger partial charge in [0.2, 0.25) is 0 Å². The molecule has 1 aliphatic heterocycles. The lowest BCUT2D eigenvalue weighted by Gasteiger charge is -2.36. The Morgan fingerprint density at radius 1 is 1.25 bits per heavy atom. The molecule has 1 aliphatic rings. The number of fused-ring (bicyclic) bond motifs is 1. The number of piperidine rings is 1. The van der Waals surface area contributed by atoms with E-state index in [1.165, 1.54) is 6.42 Å². The van der Waals surface area contributed by atoms with Gasteiger partial charge in [-0.25, -0.2) is 0 Å². The van der Waals surface area contributed by atoms with E-state index in [9.17, 15) is 4.79 Å². The maximum absolute atomic E-state index is 13.2. The molecule has 0 spiro atoms. The van der Waals surface area contributed by atoms with E-state index in [1.54, 1.807) is 7.11 Å². The number of carbonyl (C=O) groups is 1. The van der Waals surface area contributed by atoms with Crippen molar-refractivity contribution in [3.8, 4) is 11.1 Å². The Balaban J connectivity index is 1.61. The number of hydrogen-bond donors (Lipinski definition) is 2. The molecule has 2 aromatic carbocycles. The van der Waals surface area contributed by atoms with E-state index in [4.69, 9.17) is 10.5 Å². The van der Waals surface area contributed by atoms with Crippen molar-refractivity contribution in [2.45, 2.75) is 31.7 Å². The number of carbonyl (C=O) groups excluding carboxylic acids is 1. The molecule has 1 saturated heterocycles. The molecule has 6 nitrogen and oxygen atoms in total. The fourth-order valence-corrected chi connectivity index (χ4v) is 4.03. The van der Waals surface area contributed by atoms with Gasteiger partial charge in [0, 0.05) is 37.3 Å². The quantitative estimate of drug-likeness (QED) is 0.706. The van der Waals surface area contributed by atoms with Gasteiger partial charge in [0.1, 0.15) is 0 Å². The molecule has 3 aromatic rings. The molecular formula is C22H26N4O2. The maximum atomic E-state index is 13.2. The molecule has 146 valence electrons. The highest BCUT2D eigenvalue weighted by atomic mass is 16.5. The largest absolute Gasteiger partial charge is 0.385 e. The van der Waals surface area contributed by atoms with Gasteiger partial charge in [-0.3, -0.25) is 9.89 Å². The average molecular weight is 378 g/mol. The number of methoxy groups -OCH3 is 1. The van der Waals surface area contributed by atoms with Gasteiger partial charge in [-0.2, -0.15) is 5.10 Å². The Kier molecular flexibility index (Phi) is 5.30. The third-order valence-corrected chi connectivity index (χ3v) is 5.58. The Hall–Kier alpha value is -2.86. The minimum absolute atomic E-state index is 0.103. The van der Waals surface area contributed by atoms with Crippen LogP contribution in [0.3, 0.4) is 0 Å². The number of hydrogen-bond acceptors (Lipinski definition) is 4. The second-order valence-electron chi connectivity index (χ2n) is 7.38. The predicted molar refractivity (Wildman–Crippen MR) is 111 cm³/mol. The number of anilines is 1. The summed E-state index contributed by atoms with van der Waals surface area (Å²) in [4.78, 5) is 15.3. The van der Waals surface area contributed by atoms with Crippen LogP contribution in [0.5, 0.6) is 0 Å². The van der Waals surface area contributed by atoms with E-state index in [1.807, 2.05) is 47.4 Å². The highest BCUT2D eigenvalue weighted by Gasteiger charge is 2.27. The summed E-state index contributed by atoms with van der Waals surface area (Å²) in [6, 6.07) is 14.1. The van der Waals surface area contributed by atoms with Crippen molar-refractivity contribution in [3.63, 3.8) is 0 Å². The fraction of sp³-hybridized carbons (Fsp3) is 0.364. The van der Waals surface area contributed by atoms with Crippen LogP contribution >= 0.6 is 0 Å². The summed E-state index contributed by atoms with van der Waals surface area (Å²) in [5, 5.41) is 7.86. The molecule has 0 saturated carbocycles. The summed E-state index contributed by atoms with van der Waals surface area (Å²) in [7, 11) is 1.71. The number of H-pyrrole nitrogens is 1. The van der Waals surface area contributed by atoms with Gasteiger partial charge in [0.25, 0.3) is 5.91 Å². The molecular weight excluding hydrogens is 352 g/mol. The van der Waals surface area contributed by atoms with Gasteiger partial charge in [-0.15, -0.1) is 0 Å². The number of aromatic amines is 1. The lowest BCUT2D eigenvalue weighted by Crippen LogP contribution is -2.44. The second-order valence-corrected chi connectivity index (χ2v) is 7.38. The number of ether oxygens (including phenoxy) is 1. The maximum Gasteiger partial charge on any atom is 0.254 e. The zero-order valence-electron chi connectivity index (χ0n) is 16.1. The van der Waals surface area contributed by atoms with Crippen molar-refractivity contribution < 1.29 is 9.53 Å². The second kappa shape index (κ2) is 8.02. The summed E-state index contributed by atoms with van der Waals surface area (Å²) in [6.07, 6.45) is 4.17. The number of benzene rings is 2. The van der Waals surface area contributed by atoms with Crippen LogP contribution in [0.15, 0.2) is 42.5 Å². The Morgan fingerprint density at radius 2 is 2.11 bits per heavy atom. The summed E-state index contributed by atoms with van der Waals surface area (Å²) in [6.45, 7) is 1.50. The molecule has 0 bridgehead atoms. The fourth-order valence-electron chi connectivity index (χ4n) is 4.03. The molecule has 4 rings (SSSR count). The number of nitrogens with two attached hydrogens (primary N) is 1. The molecule has 6 heteroatoms. The van der Waals surface area contributed by atoms with Crippen LogP contribution in [0.2, 0.25) is 0 Å². The van der Waals surface area contributed by atoms with Gasteiger partial charge in [-0.05, 0) is 61.1 Å². The van der Waals surface area contributed by atoms with Crippen molar-refractivity contribution in [3.05, 3.63) is 48.0 Å². The van der Waals surface area contributed by atoms with Crippen LogP contribution in [0.1, 0.15) is 36.0 Å². The molecule has 1 fully saturated rings. The van der Waals surface area contributed by atoms with E-state index < -0.39 is 0 Å². The van der Waals surface area contributed by atoms with E-state index in [-0.39, 0.29) is 11.9 Å². The first-order chi connectivity index (χ1) is 13.7. The third-order valence-electron chi connectivity index (χ3n) is 5.58. The van der Waals surface area contributed by atoms with Crippen LogP contribution in [-0.2, 0) is 4.74 Å². The van der Waals surface area contributed by atoms with Crippen molar-refractivity contribution in [1.82, 2.24) is 15.1 Å². The number of aromatic nitrogens is 2. The topological polar surface area (TPSA) is 84.2 Å². The summed E-state index contributed by atoms with van der Waals surface area (Å²) >= 11 is 0. The summed E-state index contributed by atoms with van der Waals surface area (Å²) in [5.41, 5.74) is 9.59. The Bertz CT molecular complexity index is 982. The molecule has 0 aliphatic carbocycles. The molecule has 1 aromatic heterocycles. The van der Waals surface area contributed by atoms with Crippen LogP contribution < -0.4 is 5.73 Å². The van der Waals surface area contributed by atoms with E-state index in [0.717, 1.165) is 53.4 Å². The molecule has 1 unspecified atom stereocenters. The summed E-state index contributed by atoms with van der Waals surface area (Å²) < 4.78 is 5.24. The smallest absolute Gasteiger partial charge is 0.254 e. The number of nitrogens with zero attached hydrogens (tertiary/aromatic N) is 2. The van der Waals surface area contributed by atoms with Gasteiger partial charge in [0.05, 0.1) is 5.52 Å². The Morgan fingerprint density at radius 3 is 2.96 bits per heavy atom. The lowest BCUT2D eigenvalue weighted by molar-refractivity contribution is 0.0553. The first-order valence-corrected chi connectivity index (χ1v) is 9.81. The molecule has 0 radical (unpaired) electrons. The highest BCUT2D eigenvalue weighted by molar-refractivity contribution is 5.97. The lowest BCUT2D eigenvalue weighted by atomic mass is 9.97. The Labute approximate surface area is 164 Å². The summed E-state index contributed by atoms with van der Waals surface area (Å²) in [5.74, 6) is 0.588. The van der Waals surface area contributed by atoms with Crippen LogP contribution in [-0.4, -0.2) is 47.3 Å². The van der Waals surface area contributed by atoms with E-state index >= 15 is 0 Å². The zero-order valence-corrected chi connectivity index (χ0v) is 16.1. The van der Waals surface area contributed by atoms with Gasteiger partial charge in [-0.1, -0.05) is 18.2 Å².